The van der Waals surface area contributed by atoms with Gasteiger partial charge < -0.3 is 15.4 Å². The summed E-state index contributed by atoms with van der Waals surface area (Å²) in [5.41, 5.74) is 0.139. The molecule has 1 unspecified atom stereocenters. The molecule has 1 aliphatic heterocycles. The zero-order chi connectivity index (χ0) is 14.7. The molecule has 112 valence electrons. The summed E-state index contributed by atoms with van der Waals surface area (Å²) in [5, 5.41) is 13.3. The Labute approximate surface area is 119 Å². The predicted octanol–water partition coefficient (Wildman–Crippen LogP) is 0.955. The lowest BCUT2D eigenvalue weighted by molar-refractivity contribution is 0.161. The highest BCUT2D eigenvalue weighted by molar-refractivity contribution is 5.26. The van der Waals surface area contributed by atoms with Gasteiger partial charge in [0.05, 0.1) is 11.6 Å². The fourth-order valence-electron chi connectivity index (χ4n) is 2.78. The third kappa shape index (κ3) is 3.02. The van der Waals surface area contributed by atoms with Gasteiger partial charge in [-0.05, 0) is 12.3 Å². The van der Waals surface area contributed by atoms with Gasteiger partial charge in [0, 0.05) is 26.2 Å². The number of nitrogens with one attached hydrogen (secondary N) is 2. The van der Waals surface area contributed by atoms with Crippen molar-refractivity contribution in [1.82, 2.24) is 20.2 Å². The summed E-state index contributed by atoms with van der Waals surface area (Å²) in [4.78, 5) is 21.5. The van der Waals surface area contributed by atoms with Gasteiger partial charge in [-0.15, -0.1) is 0 Å². The first-order chi connectivity index (χ1) is 9.54. The van der Waals surface area contributed by atoms with E-state index in [0.717, 1.165) is 32.6 Å². The first-order valence-electron chi connectivity index (χ1n) is 7.32. The van der Waals surface area contributed by atoms with Gasteiger partial charge in [0.2, 0.25) is 5.88 Å². The number of H-pyrrole nitrogens is 1. The molecule has 1 aromatic rings. The summed E-state index contributed by atoms with van der Waals surface area (Å²) < 4.78 is 0. The maximum absolute atomic E-state index is 12.1. The molecule has 0 bridgehead atoms. The lowest BCUT2D eigenvalue weighted by atomic mass is 10.1. The average molecular weight is 280 g/mol. The van der Waals surface area contributed by atoms with Crippen LogP contribution < -0.4 is 10.9 Å². The Morgan fingerprint density at radius 3 is 2.50 bits per heavy atom. The fraction of sp³-hybridized carbons (Fsp3) is 0.714. The number of aromatic hydroxyl groups is 1. The van der Waals surface area contributed by atoms with E-state index < -0.39 is 0 Å². The Morgan fingerprint density at radius 1 is 1.35 bits per heavy atom. The van der Waals surface area contributed by atoms with E-state index in [4.69, 9.17) is 0 Å². The van der Waals surface area contributed by atoms with Crippen LogP contribution in [0.5, 0.6) is 5.88 Å². The Morgan fingerprint density at radius 2 is 2.00 bits per heavy atom. The van der Waals surface area contributed by atoms with Crippen molar-refractivity contribution in [3.05, 3.63) is 21.7 Å². The molecule has 0 aliphatic carbocycles. The average Bonchev–Trinajstić information content (AvgIpc) is 2.39. The van der Waals surface area contributed by atoms with Crippen LogP contribution in [0.1, 0.15) is 50.5 Å². The van der Waals surface area contributed by atoms with Crippen LogP contribution >= 0.6 is 0 Å². The molecule has 1 saturated heterocycles. The van der Waals surface area contributed by atoms with Crippen molar-refractivity contribution in [3.63, 3.8) is 0 Å². The number of nitrogens with zero attached hydrogens (tertiary/aromatic N) is 2. The maximum atomic E-state index is 12.1. The molecule has 1 fully saturated rings. The predicted molar refractivity (Wildman–Crippen MR) is 78.1 cm³/mol. The first kappa shape index (κ1) is 15.0. The van der Waals surface area contributed by atoms with Gasteiger partial charge in [-0.1, -0.05) is 20.8 Å². The van der Waals surface area contributed by atoms with Crippen LogP contribution in [0.15, 0.2) is 4.79 Å². The van der Waals surface area contributed by atoms with Crippen molar-refractivity contribution >= 4 is 0 Å². The molecule has 20 heavy (non-hydrogen) atoms. The van der Waals surface area contributed by atoms with E-state index in [1.54, 1.807) is 0 Å². The molecule has 2 rings (SSSR count). The SMILES string of the molecule is CCC(c1nc(O)c(C(C)C)c(=O)[nH]1)N1CCNCC1. The van der Waals surface area contributed by atoms with Crippen LogP contribution in [-0.2, 0) is 0 Å². The van der Waals surface area contributed by atoms with Crippen LogP contribution in [0, 0.1) is 0 Å². The van der Waals surface area contributed by atoms with Crippen LogP contribution in [0.25, 0.3) is 0 Å². The van der Waals surface area contributed by atoms with Gasteiger partial charge in [0.25, 0.3) is 5.56 Å². The second-order valence-corrected chi connectivity index (χ2v) is 5.55. The minimum atomic E-state index is -0.226. The van der Waals surface area contributed by atoms with Gasteiger partial charge in [-0.25, -0.2) is 0 Å². The highest BCUT2D eigenvalue weighted by Gasteiger charge is 2.24. The normalized spacial score (nSPS) is 18.4. The van der Waals surface area contributed by atoms with Gasteiger partial charge in [0.15, 0.2) is 0 Å². The molecule has 0 amide bonds. The first-order valence-corrected chi connectivity index (χ1v) is 7.32. The standard InChI is InChI=1S/C14H24N4O2/c1-4-10(18-7-5-15-6-8-18)12-16-13(19)11(9(2)3)14(20)17-12/h9-10,15H,4-8H2,1-3H3,(H2,16,17,19,20). The maximum Gasteiger partial charge on any atom is 0.258 e. The molecule has 1 aliphatic rings. The zero-order valence-electron chi connectivity index (χ0n) is 12.4. The van der Waals surface area contributed by atoms with Crippen molar-refractivity contribution in [3.8, 4) is 5.88 Å². The molecule has 0 saturated carbocycles. The monoisotopic (exact) mass is 280 g/mol. The van der Waals surface area contributed by atoms with Gasteiger partial charge >= 0.3 is 0 Å². The van der Waals surface area contributed by atoms with E-state index in [1.165, 1.54) is 0 Å². The molecule has 0 aromatic carbocycles. The lowest BCUT2D eigenvalue weighted by Crippen LogP contribution is -2.45. The summed E-state index contributed by atoms with van der Waals surface area (Å²) in [6.07, 6.45) is 0.851. The molecular formula is C14H24N4O2. The number of hydrogen-bond donors (Lipinski definition) is 3. The van der Waals surface area contributed by atoms with Crippen LogP contribution in [0.3, 0.4) is 0 Å². The molecule has 0 radical (unpaired) electrons. The van der Waals surface area contributed by atoms with Crippen molar-refractivity contribution in [1.29, 1.82) is 0 Å². The number of hydrogen-bond acceptors (Lipinski definition) is 5. The Kier molecular flexibility index (Phi) is 4.77. The lowest BCUT2D eigenvalue weighted by Gasteiger charge is -2.33. The van der Waals surface area contributed by atoms with Gasteiger partial charge in [-0.3, -0.25) is 9.69 Å². The molecule has 2 heterocycles. The van der Waals surface area contributed by atoms with Crippen molar-refractivity contribution in [2.75, 3.05) is 26.2 Å². The van der Waals surface area contributed by atoms with E-state index in [0.29, 0.717) is 11.4 Å². The fourth-order valence-corrected chi connectivity index (χ4v) is 2.78. The third-order valence-electron chi connectivity index (χ3n) is 3.83. The molecular weight excluding hydrogens is 256 g/mol. The zero-order valence-corrected chi connectivity index (χ0v) is 12.4. The number of aromatic amines is 1. The topological polar surface area (TPSA) is 81.2 Å². The summed E-state index contributed by atoms with van der Waals surface area (Å²) in [5.74, 6) is 0.396. The summed E-state index contributed by atoms with van der Waals surface area (Å²) >= 11 is 0. The third-order valence-corrected chi connectivity index (χ3v) is 3.83. The molecule has 6 nitrogen and oxygen atoms in total. The minimum Gasteiger partial charge on any atom is -0.493 e. The summed E-state index contributed by atoms with van der Waals surface area (Å²) in [6.45, 7) is 9.55. The highest BCUT2D eigenvalue weighted by atomic mass is 16.3. The summed E-state index contributed by atoms with van der Waals surface area (Å²) in [6, 6.07) is 0.0527. The highest BCUT2D eigenvalue weighted by Crippen LogP contribution is 2.25. The van der Waals surface area contributed by atoms with Gasteiger partial charge in [0.1, 0.15) is 5.82 Å². The Balaban J connectivity index is 2.33. The van der Waals surface area contributed by atoms with Crippen LogP contribution in [0.4, 0.5) is 0 Å². The van der Waals surface area contributed by atoms with Gasteiger partial charge in [-0.2, -0.15) is 4.98 Å². The van der Waals surface area contributed by atoms with E-state index in [9.17, 15) is 9.90 Å². The molecule has 1 atom stereocenters. The number of piperazine rings is 1. The van der Waals surface area contributed by atoms with Crippen LogP contribution in [0.2, 0.25) is 0 Å². The quantitative estimate of drug-likeness (QED) is 0.765. The van der Waals surface area contributed by atoms with Crippen LogP contribution in [-0.4, -0.2) is 46.2 Å². The van der Waals surface area contributed by atoms with E-state index in [1.807, 2.05) is 13.8 Å². The smallest absolute Gasteiger partial charge is 0.258 e. The molecule has 1 aromatic heterocycles. The van der Waals surface area contributed by atoms with Crippen molar-refractivity contribution in [2.45, 2.75) is 39.2 Å². The van der Waals surface area contributed by atoms with E-state index >= 15 is 0 Å². The second kappa shape index (κ2) is 6.37. The molecule has 0 spiro atoms. The Bertz CT molecular complexity index is 506. The van der Waals surface area contributed by atoms with Crippen molar-refractivity contribution < 1.29 is 5.11 Å². The largest absolute Gasteiger partial charge is 0.493 e. The summed E-state index contributed by atoms with van der Waals surface area (Å²) in [7, 11) is 0. The number of rotatable bonds is 4. The molecule has 6 heteroatoms. The van der Waals surface area contributed by atoms with E-state index in [2.05, 4.69) is 27.1 Å². The van der Waals surface area contributed by atoms with Crippen molar-refractivity contribution in [2.24, 2.45) is 0 Å². The minimum absolute atomic E-state index is 0.0421. The Hall–Kier alpha value is -1.40. The van der Waals surface area contributed by atoms with E-state index in [-0.39, 0.29) is 23.4 Å². The molecule has 3 N–H and O–H groups in total. The number of aromatic nitrogens is 2. The second-order valence-electron chi connectivity index (χ2n) is 5.55.